The normalized spacial score (nSPS) is 20.5. The second kappa shape index (κ2) is 9.44. The molecule has 2 fully saturated rings. The largest absolute Gasteiger partial charge is 0.339 e. The molecule has 2 aromatic carbocycles. The fraction of sp³-hybridized carbons (Fsp3) is 0.360. The van der Waals surface area contributed by atoms with E-state index in [4.69, 9.17) is 0 Å². The van der Waals surface area contributed by atoms with Crippen LogP contribution in [-0.4, -0.2) is 53.2 Å². The van der Waals surface area contributed by atoms with E-state index in [1.54, 1.807) is 53.4 Å². The highest BCUT2D eigenvalue weighted by Crippen LogP contribution is 2.32. The molecule has 4 rings (SSSR count). The molecule has 0 spiro atoms. The van der Waals surface area contributed by atoms with Gasteiger partial charge in [-0.05, 0) is 43.4 Å². The molecule has 8 heteroatoms. The summed E-state index contributed by atoms with van der Waals surface area (Å²) >= 11 is 0. The predicted octanol–water partition coefficient (Wildman–Crippen LogP) is 3.11. The summed E-state index contributed by atoms with van der Waals surface area (Å²) in [6, 6.07) is 15.2. The Kier molecular flexibility index (Phi) is 6.44. The standard InChI is InChI=1S/C25H28N4O4/c1-2-25(18-11-5-3-6-12-18)23(32)29(24(33)27-25)17-21(30)26-20-14-8-7-13-19(20)22(31)28-15-9-4-10-16-28/h3,5-8,11-14H,2,4,9-10,15-17H2,1H3,(H,26,30)(H,27,33)/t25-/m1/s1. The van der Waals surface area contributed by atoms with Gasteiger partial charge in [-0.25, -0.2) is 4.79 Å². The summed E-state index contributed by atoms with van der Waals surface area (Å²) in [7, 11) is 0. The van der Waals surface area contributed by atoms with Crippen LogP contribution in [0, 0.1) is 0 Å². The number of anilines is 1. The van der Waals surface area contributed by atoms with Gasteiger partial charge in [-0.3, -0.25) is 19.3 Å². The number of rotatable bonds is 6. The average molecular weight is 449 g/mol. The Morgan fingerprint density at radius 2 is 1.64 bits per heavy atom. The lowest BCUT2D eigenvalue weighted by Crippen LogP contribution is -2.44. The van der Waals surface area contributed by atoms with Crippen molar-refractivity contribution in [2.75, 3.05) is 25.0 Å². The van der Waals surface area contributed by atoms with Crippen molar-refractivity contribution in [2.45, 2.75) is 38.1 Å². The van der Waals surface area contributed by atoms with E-state index in [0.717, 1.165) is 24.2 Å². The summed E-state index contributed by atoms with van der Waals surface area (Å²) in [6.07, 6.45) is 3.39. The highest BCUT2D eigenvalue weighted by molar-refractivity contribution is 6.11. The van der Waals surface area contributed by atoms with Gasteiger partial charge >= 0.3 is 6.03 Å². The lowest BCUT2D eigenvalue weighted by Gasteiger charge is -2.27. The molecule has 33 heavy (non-hydrogen) atoms. The van der Waals surface area contributed by atoms with Gasteiger partial charge in [0.15, 0.2) is 0 Å². The molecule has 172 valence electrons. The first-order chi connectivity index (χ1) is 16.0. The number of urea groups is 1. The van der Waals surface area contributed by atoms with E-state index in [-0.39, 0.29) is 5.91 Å². The molecule has 5 amide bonds. The molecule has 0 saturated carbocycles. The maximum absolute atomic E-state index is 13.2. The molecule has 0 aromatic heterocycles. The number of amides is 5. The van der Waals surface area contributed by atoms with Crippen molar-refractivity contribution in [3.8, 4) is 0 Å². The van der Waals surface area contributed by atoms with E-state index >= 15 is 0 Å². The number of nitrogens with one attached hydrogen (secondary N) is 2. The van der Waals surface area contributed by atoms with Crippen LogP contribution in [0.3, 0.4) is 0 Å². The van der Waals surface area contributed by atoms with E-state index < -0.39 is 29.9 Å². The van der Waals surface area contributed by atoms with Crippen LogP contribution in [0.25, 0.3) is 0 Å². The van der Waals surface area contributed by atoms with Crippen molar-refractivity contribution in [3.63, 3.8) is 0 Å². The molecule has 1 atom stereocenters. The molecule has 2 N–H and O–H groups in total. The highest BCUT2D eigenvalue weighted by Gasteiger charge is 2.51. The third-order valence-electron chi connectivity index (χ3n) is 6.35. The summed E-state index contributed by atoms with van der Waals surface area (Å²) in [5.74, 6) is -1.14. The Bertz CT molecular complexity index is 1070. The van der Waals surface area contributed by atoms with Crippen molar-refractivity contribution in [2.24, 2.45) is 0 Å². The number of hydrogen-bond donors (Lipinski definition) is 2. The minimum Gasteiger partial charge on any atom is -0.339 e. The SMILES string of the molecule is CC[C@]1(c2ccccc2)NC(=O)N(CC(=O)Nc2ccccc2C(=O)N2CCCCC2)C1=O. The van der Waals surface area contributed by atoms with Crippen molar-refractivity contribution >= 4 is 29.4 Å². The number of nitrogens with zero attached hydrogens (tertiary/aromatic N) is 2. The first-order valence-corrected chi connectivity index (χ1v) is 11.3. The average Bonchev–Trinajstić information content (AvgIpc) is 3.10. The highest BCUT2D eigenvalue weighted by atomic mass is 16.2. The summed E-state index contributed by atoms with van der Waals surface area (Å²) < 4.78 is 0. The number of carbonyl (C=O) groups excluding carboxylic acids is 4. The van der Waals surface area contributed by atoms with E-state index in [9.17, 15) is 19.2 Å². The maximum Gasteiger partial charge on any atom is 0.325 e. The third kappa shape index (κ3) is 4.33. The summed E-state index contributed by atoms with van der Waals surface area (Å²) in [4.78, 5) is 54.4. The van der Waals surface area contributed by atoms with E-state index in [0.29, 0.717) is 36.3 Å². The topological polar surface area (TPSA) is 98.8 Å². The van der Waals surface area contributed by atoms with Crippen LogP contribution in [0.5, 0.6) is 0 Å². The molecule has 2 aliphatic heterocycles. The molecule has 2 aliphatic rings. The van der Waals surface area contributed by atoms with Crippen LogP contribution in [0.15, 0.2) is 54.6 Å². The minimum atomic E-state index is -1.19. The van der Waals surface area contributed by atoms with Gasteiger partial charge in [-0.15, -0.1) is 0 Å². The fourth-order valence-corrected chi connectivity index (χ4v) is 4.51. The van der Waals surface area contributed by atoms with Crippen LogP contribution in [0.4, 0.5) is 10.5 Å². The quantitative estimate of drug-likeness (QED) is 0.664. The molecule has 2 aromatic rings. The molecule has 2 heterocycles. The van der Waals surface area contributed by atoms with E-state index in [1.807, 2.05) is 13.0 Å². The van der Waals surface area contributed by atoms with Gasteiger partial charge in [0.25, 0.3) is 11.8 Å². The molecule has 8 nitrogen and oxygen atoms in total. The Morgan fingerprint density at radius 1 is 0.970 bits per heavy atom. The zero-order valence-electron chi connectivity index (χ0n) is 18.7. The molecule has 0 unspecified atom stereocenters. The first-order valence-electron chi connectivity index (χ1n) is 11.3. The number of carbonyl (C=O) groups is 4. The van der Waals surface area contributed by atoms with Crippen LogP contribution < -0.4 is 10.6 Å². The van der Waals surface area contributed by atoms with Crippen LogP contribution in [0.2, 0.25) is 0 Å². The number of hydrogen-bond acceptors (Lipinski definition) is 4. The number of imide groups is 1. The third-order valence-corrected chi connectivity index (χ3v) is 6.35. The van der Waals surface area contributed by atoms with E-state index in [2.05, 4.69) is 10.6 Å². The second-order valence-electron chi connectivity index (χ2n) is 8.39. The molecular weight excluding hydrogens is 420 g/mol. The predicted molar refractivity (Wildman–Crippen MR) is 123 cm³/mol. The Hall–Kier alpha value is -3.68. The van der Waals surface area contributed by atoms with Crippen molar-refractivity contribution in [1.82, 2.24) is 15.1 Å². The van der Waals surface area contributed by atoms with Gasteiger partial charge in [-0.1, -0.05) is 49.4 Å². The zero-order valence-corrected chi connectivity index (χ0v) is 18.7. The van der Waals surface area contributed by atoms with Gasteiger partial charge in [0.1, 0.15) is 12.1 Å². The maximum atomic E-state index is 13.2. The van der Waals surface area contributed by atoms with Gasteiger partial charge in [0.05, 0.1) is 11.3 Å². The number of piperidine rings is 1. The Labute approximate surface area is 192 Å². The van der Waals surface area contributed by atoms with Crippen LogP contribution in [0.1, 0.15) is 48.5 Å². The Morgan fingerprint density at radius 3 is 2.33 bits per heavy atom. The number of benzene rings is 2. The lowest BCUT2D eigenvalue weighted by molar-refractivity contribution is -0.134. The van der Waals surface area contributed by atoms with Crippen molar-refractivity contribution < 1.29 is 19.2 Å². The Balaban J connectivity index is 1.49. The fourth-order valence-electron chi connectivity index (χ4n) is 4.51. The summed E-state index contributed by atoms with van der Waals surface area (Å²) in [6.45, 7) is 2.77. The molecule has 0 aliphatic carbocycles. The van der Waals surface area contributed by atoms with E-state index in [1.165, 1.54) is 0 Å². The van der Waals surface area contributed by atoms with Crippen LogP contribution >= 0.6 is 0 Å². The van der Waals surface area contributed by atoms with Gasteiger partial charge < -0.3 is 15.5 Å². The molecule has 0 radical (unpaired) electrons. The monoisotopic (exact) mass is 448 g/mol. The van der Waals surface area contributed by atoms with Gasteiger partial charge in [-0.2, -0.15) is 0 Å². The molecular formula is C25H28N4O4. The number of para-hydroxylation sites is 1. The van der Waals surface area contributed by atoms with Gasteiger partial charge in [0.2, 0.25) is 5.91 Å². The summed E-state index contributed by atoms with van der Waals surface area (Å²) in [5, 5.41) is 5.50. The molecule has 2 saturated heterocycles. The van der Waals surface area contributed by atoms with Crippen LogP contribution in [-0.2, 0) is 15.1 Å². The van der Waals surface area contributed by atoms with Gasteiger partial charge in [0, 0.05) is 13.1 Å². The van der Waals surface area contributed by atoms with Crippen molar-refractivity contribution in [3.05, 3.63) is 65.7 Å². The summed E-state index contributed by atoms with van der Waals surface area (Å²) in [5.41, 5.74) is 0.249. The molecule has 0 bridgehead atoms. The zero-order chi connectivity index (χ0) is 23.4. The second-order valence-corrected chi connectivity index (χ2v) is 8.39. The number of likely N-dealkylation sites (tertiary alicyclic amines) is 1. The smallest absolute Gasteiger partial charge is 0.325 e. The first kappa shape index (κ1) is 22.5. The minimum absolute atomic E-state index is 0.130. The lowest BCUT2D eigenvalue weighted by atomic mass is 9.87. The van der Waals surface area contributed by atoms with Crippen molar-refractivity contribution in [1.29, 1.82) is 0 Å².